The first-order chi connectivity index (χ1) is 14.5. The van der Waals surface area contributed by atoms with Crippen molar-refractivity contribution in [1.82, 2.24) is 0 Å². The van der Waals surface area contributed by atoms with Gasteiger partial charge < -0.3 is 4.74 Å². The molecule has 0 bridgehead atoms. The molecular weight excluding hydrogens is 500 g/mol. The van der Waals surface area contributed by atoms with Gasteiger partial charge in [0.2, 0.25) is 0 Å². The Morgan fingerprint density at radius 3 is 1.71 bits per heavy atom. The lowest BCUT2D eigenvalue weighted by Gasteiger charge is -2.20. The predicted molar refractivity (Wildman–Crippen MR) is 102 cm³/mol. The smallest absolute Gasteiger partial charge is 0.429 e. The summed E-state index contributed by atoms with van der Waals surface area (Å²) in [6.07, 6.45) is -4.72. The zero-order chi connectivity index (χ0) is 23.5. The number of alkyl halides is 2. The van der Waals surface area contributed by atoms with Gasteiger partial charge >= 0.3 is 6.11 Å². The van der Waals surface area contributed by atoms with Gasteiger partial charge in [-0.15, -0.1) is 0 Å². The first kappa shape index (κ1) is 24.6. The van der Waals surface area contributed by atoms with Gasteiger partial charge in [-0.25, -0.2) is 26.3 Å². The lowest BCUT2D eigenvalue weighted by atomic mass is 10.0. The van der Waals surface area contributed by atoms with Crippen LogP contribution in [0.4, 0.5) is 35.1 Å². The van der Waals surface area contributed by atoms with Gasteiger partial charge in [-0.2, -0.15) is 8.78 Å². The molecule has 0 heterocycles. The number of ether oxygens (including phenoxy) is 1. The Hall–Kier alpha value is -2.62. The fourth-order valence-corrected chi connectivity index (χ4v) is 2.85. The Labute approximate surface area is 180 Å². The van der Waals surface area contributed by atoms with E-state index in [0.29, 0.717) is 16.6 Å². The van der Waals surface area contributed by atoms with Crippen LogP contribution in [0.5, 0.6) is 5.75 Å². The van der Waals surface area contributed by atoms with Crippen LogP contribution in [0, 0.1) is 34.9 Å². The van der Waals surface area contributed by atoms with Crippen LogP contribution in [0.25, 0.3) is 11.1 Å². The molecule has 0 unspecified atom stereocenters. The van der Waals surface area contributed by atoms with Crippen LogP contribution in [0.15, 0.2) is 46.9 Å². The van der Waals surface area contributed by atoms with Gasteiger partial charge in [0.1, 0.15) is 28.8 Å². The van der Waals surface area contributed by atoms with Crippen LogP contribution in [0.3, 0.4) is 0 Å². The van der Waals surface area contributed by atoms with E-state index >= 15 is 0 Å². The van der Waals surface area contributed by atoms with Gasteiger partial charge in [-0.3, -0.25) is 0 Å². The highest BCUT2D eigenvalue weighted by molar-refractivity contribution is 9.10. The third kappa shape index (κ3) is 5.36. The summed E-state index contributed by atoms with van der Waals surface area (Å²) in [6, 6.07) is 4.64. The molecule has 0 atom stereocenters. The van der Waals surface area contributed by atoms with Crippen LogP contribution in [0.1, 0.15) is 19.4 Å². The number of hydrogen-bond acceptors (Lipinski definition) is 1. The molecule has 166 valence electrons. The minimum atomic E-state index is -4.72. The SMILES string of the molecule is CC.Fc1cc(Br)ccc1-c1cc(F)c(C(F)(F)Oc2cc(F)c(F)c(F)c2)c(F)c1. The van der Waals surface area contributed by atoms with E-state index in [9.17, 15) is 35.1 Å². The van der Waals surface area contributed by atoms with E-state index in [1.165, 1.54) is 12.1 Å². The van der Waals surface area contributed by atoms with Crippen molar-refractivity contribution in [3.8, 4) is 16.9 Å². The molecule has 31 heavy (non-hydrogen) atoms. The van der Waals surface area contributed by atoms with E-state index in [2.05, 4.69) is 20.7 Å². The topological polar surface area (TPSA) is 9.23 Å². The lowest BCUT2D eigenvalue weighted by molar-refractivity contribution is -0.189. The third-order valence-electron chi connectivity index (χ3n) is 3.78. The van der Waals surface area contributed by atoms with Crippen LogP contribution in [-0.4, -0.2) is 0 Å². The second-order valence-corrected chi connectivity index (χ2v) is 6.67. The number of rotatable bonds is 4. The van der Waals surface area contributed by atoms with Gasteiger partial charge in [-0.05, 0) is 29.8 Å². The van der Waals surface area contributed by atoms with Gasteiger partial charge in [0.25, 0.3) is 0 Å². The molecule has 0 spiro atoms. The van der Waals surface area contributed by atoms with E-state index in [4.69, 9.17) is 0 Å². The molecule has 0 aromatic heterocycles. The van der Waals surface area contributed by atoms with Crippen LogP contribution in [-0.2, 0) is 6.11 Å². The molecule has 0 aliphatic carbocycles. The van der Waals surface area contributed by atoms with E-state index in [1.807, 2.05) is 13.8 Å². The summed E-state index contributed by atoms with van der Waals surface area (Å²) in [6.45, 7) is 4.00. The van der Waals surface area contributed by atoms with E-state index < -0.39 is 52.3 Å². The predicted octanol–water partition coefficient (Wildman–Crippen LogP) is 8.11. The molecule has 0 saturated heterocycles. The highest BCUT2D eigenvalue weighted by Crippen LogP contribution is 2.38. The van der Waals surface area contributed by atoms with Gasteiger partial charge in [0.15, 0.2) is 17.5 Å². The van der Waals surface area contributed by atoms with Gasteiger partial charge in [0.05, 0.1) is 0 Å². The van der Waals surface area contributed by atoms with Crippen LogP contribution in [0.2, 0.25) is 0 Å². The zero-order valence-electron chi connectivity index (χ0n) is 15.9. The normalized spacial score (nSPS) is 11.1. The molecular formula is C21H13BrF8O. The van der Waals surface area contributed by atoms with Crippen molar-refractivity contribution < 1.29 is 39.9 Å². The maximum atomic E-state index is 14.3. The molecule has 3 aromatic rings. The van der Waals surface area contributed by atoms with Crippen LogP contribution >= 0.6 is 15.9 Å². The van der Waals surface area contributed by atoms with Crippen molar-refractivity contribution in [3.05, 3.63) is 87.4 Å². The number of hydrogen-bond donors (Lipinski definition) is 0. The Bertz CT molecular complexity index is 1050. The van der Waals surface area contributed by atoms with Gasteiger partial charge in [-0.1, -0.05) is 35.8 Å². The highest BCUT2D eigenvalue weighted by atomic mass is 79.9. The molecule has 0 amide bonds. The summed E-state index contributed by atoms with van der Waals surface area (Å²) < 4.78 is 115. The van der Waals surface area contributed by atoms with Crippen molar-refractivity contribution in [1.29, 1.82) is 0 Å². The van der Waals surface area contributed by atoms with Crippen molar-refractivity contribution in [3.63, 3.8) is 0 Å². The van der Waals surface area contributed by atoms with Crippen molar-refractivity contribution in [2.75, 3.05) is 0 Å². The average molecular weight is 513 g/mol. The summed E-state index contributed by atoms with van der Waals surface area (Å²) in [5.41, 5.74) is -2.50. The molecule has 0 aliphatic heterocycles. The molecule has 0 aliphatic rings. The molecule has 3 aromatic carbocycles. The monoisotopic (exact) mass is 512 g/mol. The van der Waals surface area contributed by atoms with Gasteiger partial charge in [0, 0.05) is 22.2 Å². The summed E-state index contributed by atoms with van der Waals surface area (Å²) in [5, 5.41) is 0. The Kier molecular flexibility index (Phi) is 7.69. The Morgan fingerprint density at radius 2 is 1.23 bits per heavy atom. The van der Waals surface area contributed by atoms with Crippen LogP contribution < -0.4 is 4.74 Å². The quantitative estimate of drug-likeness (QED) is 0.253. The van der Waals surface area contributed by atoms with Crippen molar-refractivity contribution in [2.45, 2.75) is 20.0 Å². The number of benzene rings is 3. The summed E-state index contributed by atoms with van der Waals surface area (Å²) >= 11 is 3.00. The maximum Gasteiger partial charge on any atom is 0.432 e. The summed E-state index contributed by atoms with van der Waals surface area (Å²) in [5.74, 6) is -11.3. The fourth-order valence-electron chi connectivity index (χ4n) is 2.52. The molecule has 10 heteroatoms. The summed E-state index contributed by atoms with van der Waals surface area (Å²) in [7, 11) is 0. The number of halogens is 9. The Morgan fingerprint density at radius 1 is 0.710 bits per heavy atom. The first-order valence-electron chi connectivity index (χ1n) is 8.66. The highest BCUT2D eigenvalue weighted by Gasteiger charge is 2.41. The third-order valence-corrected chi connectivity index (χ3v) is 4.27. The second kappa shape index (κ2) is 9.67. The van der Waals surface area contributed by atoms with Crippen molar-refractivity contribution >= 4 is 15.9 Å². The zero-order valence-corrected chi connectivity index (χ0v) is 17.4. The minimum absolute atomic E-state index is 0.0910. The average Bonchev–Trinajstić information content (AvgIpc) is 2.66. The first-order valence-corrected chi connectivity index (χ1v) is 9.45. The van der Waals surface area contributed by atoms with Crippen molar-refractivity contribution in [2.24, 2.45) is 0 Å². The fraction of sp³-hybridized carbons (Fsp3) is 0.143. The summed E-state index contributed by atoms with van der Waals surface area (Å²) in [4.78, 5) is 0. The minimum Gasteiger partial charge on any atom is -0.429 e. The molecule has 0 radical (unpaired) electrons. The molecule has 0 fully saturated rings. The largest absolute Gasteiger partial charge is 0.432 e. The molecule has 0 saturated carbocycles. The second-order valence-electron chi connectivity index (χ2n) is 5.76. The Balaban J connectivity index is 0.00000166. The van der Waals surface area contributed by atoms with E-state index in [-0.39, 0.29) is 23.3 Å². The van der Waals surface area contributed by atoms with E-state index in [0.717, 1.165) is 6.07 Å². The molecule has 1 nitrogen and oxygen atoms in total. The molecule has 0 N–H and O–H groups in total. The van der Waals surface area contributed by atoms with E-state index in [1.54, 1.807) is 0 Å². The maximum absolute atomic E-state index is 14.3. The lowest BCUT2D eigenvalue weighted by Crippen LogP contribution is -2.25. The standard InChI is InChI=1S/C19H7BrF8O.C2H6/c20-9-1-2-11(12(21)5-9)8-3-13(22)17(14(23)4-8)19(27,28)29-10-6-15(24)18(26)16(25)7-10;1-2/h1-7H;1-2H3. The molecule has 3 rings (SSSR count).